The van der Waals surface area contributed by atoms with Crippen LogP contribution in [-0.2, 0) is 10.5 Å². The van der Waals surface area contributed by atoms with Crippen LogP contribution in [0.4, 0.5) is 5.13 Å². The Bertz CT molecular complexity index is 709. The van der Waals surface area contributed by atoms with Crippen LogP contribution in [0.5, 0.6) is 0 Å². The number of fused-ring (bicyclic) bond motifs is 2. The van der Waals surface area contributed by atoms with Gasteiger partial charge in [0.05, 0.1) is 0 Å². The lowest BCUT2D eigenvalue weighted by Crippen LogP contribution is -2.39. The number of aromatic nitrogens is 2. The summed E-state index contributed by atoms with van der Waals surface area (Å²) in [6.07, 6.45) is 5.37. The summed E-state index contributed by atoms with van der Waals surface area (Å²) in [6, 6.07) is 11.5. The van der Waals surface area contributed by atoms with Gasteiger partial charge in [-0.15, -0.1) is 10.2 Å². The summed E-state index contributed by atoms with van der Waals surface area (Å²) >= 11 is 3.10. The topological polar surface area (TPSA) is 66.9 Å². The summed E-state index contributed by atoms with van der Waals surface area (Å²) in [5.74, 6) is 1.43. The van der Waals surface area contributed by atoms with E-state index < -0.39 is 0 Å². The number of hydrogen-bond acceptors (Lipinski definition) is 6. The lowest BCUT2D eigenvalue weighted by molar-refractivity contribution is -0.117. The molecule has 2 fully saturated rings. The van der Waals surface area contributed by atoms with Crippen molar-refractivity contribution in [2.24, 2.45) is 5.92 Å². The van der Waals surface area contributed by atoms with Crippen LogP contribution in [0.2, 0.25) is 0 Å². The van der Waals surface area contributed by atoms with Gasteiger partial charge in [-0.2, -0.15) is 0 Å². The molecule has 132 valence electrons. The van der Waals surface area contributed by atoms with Crippen molar-refractivity contribution in [3.8, 4) is 0 Å². The van der Waals surface area contributed by atoms with E-state index >= 15 is 0 Å². The third-order valence-electron chi connectivity index (χ3n) is 4.90. The van der Waals surface area contributed by atoms with Gasteiger partial charge in [0, 0.05) is 24.3 Å². The summed E-state index contributed by atoms with van der Waals surface area (Å²) in [5, 5.41) is 15.4. The van der Waals surface area contributed by atoms with Crippen LogP contribution >= 0.6 is 23.1 Å². The van der Waals surface area contributed by atoms with E-state index in [-0.39, 0.29) is 5.91 Å². The van der Waals surface area contributed by atoms with Crippen LogP contribution in [0.25, 0.3) is 0 Å². The number of amides is 1. The molecule has 2 N–H and O–H groups in total. The first-order valence-corrected chi connectivity index (χ1v) is 10.6. The maximum Gasteiger partial charge on any atom is 0.226 e. The van der Waals surface area contributed by atoms with Crippen LogP contribution in [0, 0.1) is 5.92 Å². The van der Waals surface area contributed by atoms with Crippen molar-refractivity contribution in [3.05, 3.63) is 35.9 Å². The van der Waals surface area contributed by atoms with Gasteiger partial charge in [-0.1, -0.05) is 53.4 Å². The highest BCUT2D eigenvalue weighted by Crippen LogP contribution is 2.33. The smallest absolute Gasteiger partial charge is 0.226 e. The minimum Gasteiger partial charge on any atom is -0.311 e. The van der Waals surface area contributed by atoms with E-state index in [0.29, 0.717) is 29.6 Å². The van der Waals surface area contributed by atoms with Gasteiger partial charge in [0.25, 0.3) is 0 Å². The molecule has 0 spiro atoms. The highest BCUT2D eigenvalue weighted by Gasteiger charge is 2.34. The van der Waals surface area contributed by atoms with Gasteiger partial charge in [-0.25, -0.2) is 0 Å². The minimum absolute atomic E-state index is 0.0714. The molecular weight excluding hydrogens is 352 g/mol. The molecule has 2 aromatic rings. The number of nitrogens with one attached hydrogen (secondary N) is 2. The van der Waals surface area contributed by atoms with E-state index in [1.807, 2.05) is 18.2 Å². The monoisotopic (exact) mass is 374 g/mol. The molecule has 4 rings (SSSR count). The molecule has 2 atom stereocenters. The Labute approximate surface area is 156 Å². The highest BCUT2D eigenvalue weighted by atomic mass is 32.2. The molecule has 0 radical (unpaired) electrons. The Balaban J connectivity index is 1.25. The molecule has 2 saturated heterocycles. The minimum atomic E-state index is 0.0714. The van der Waals surface area contributed by atoms with Crippen LogP contribution in [0.1, 0.15) is 37.7 Å². The number of thioether (sulfide) groups is 1. The third kappa shape index (κ3) is 4.59. The second-order valence-electron chi connectivity index (χ2n) is 6.87. The molecule has 7 heteroatoms. The van der Waals surface area contributed by atoms with Crippen LogP contribution in [-0.4, -0.2) is 28.2 Å². The summed E-state index contributed by atoms with van der Waals surface area (Å²) in [7, 11) is 0. The lowest BCUT2D eigenvalue weighted by Gasteiger charge is -2.28. The first-order chi connectivity index (χ1) is 12.2. The van der Waals surface area contributed by atoms with Crippen molar-refractivity contribution in [1.82, 2.24) is 15.5 Å². The van der Waals surface area contributed by atoms with Crippen molar-refractivity contribution in [3.63, 3.8) is 0 Å². The molecule has 5 nitrogen and oxygen atoms in total. The van der Waals surface area contributed by atoms with Crippen molar-refractivity contribution < 1.29 is 4.79 Å². The Morgan fingerprint density at radius 3 is 2.72 bits per heavy atom. The molecule has 1 aromatic heterocycles. The first-order valence-electron chi connectivity index (χ1n) is 8.81. The van der Waals surface area contributed by atoms with Crippen LogP contribution < -0.4 is 10.6 Å². The van der Waals surface area contributed by atoms with Gasteiger partial charge in [-0.05, 0) is 37.2 Å². The Morgan fingerprint density at radius 1 is 1.20 bits per heavy atom. The molecule has 1 amide bonds. The first kappa shape index (κ1) is 17.0. The third-order valence-corrected chi connectivity index (χ3v) is 6.95. The second-order valence-corrected chi connectivity index (χ2v) is 9.07. The number of benzene rings is 1. The van der Waals surface area contributed by atoms with E-state index in [2.05, 4.69) is 33.0 Å². The van der Waals surface area contributed by atoms with Crippen molar-refractivity contribution in [2.45, 2.75) is 54.3 Å². The fourth-order valence-electron chi connectivity index (χ4n) is 3.81. The van der Waals surface area contributed by atoms with E-state index in [9.17, 15) is 4.79 Å². The van der Waals surface area contributed by atoms with E-state index in [1.54, 1.807) is 11.8 Å². The molecule has 2 aliphatic heterocycles. The average Bonchev–Trinajstić information content (AvgIpc) is 3.20. The fourth-order valence-corrected chi connectivity index (χ4v) is 5.54. The molecule has 3 heterocycles. The molecule has 0 aliphatic carbocycles. The fraction of sp³-hybridized carbons (Fsp3) is 0.500. The standard InChI is InChI=1S/C18H22N4OS2/c23-16(10-13-8-14-6-7-15(9-13)19-14)20-17-21-22-18(25-17)24-11-12-4-2-1-3-5-12/h1-5,13-15,19H,6-11H2,(H,20,21,23). The molecule has 2 aliphatic rings. The van der Waals surface area contributed by atoms with Gasteiger partial charge in [-0.3, -0.25) is 4.79 Å². The zero-order chi connectivity index (χ0) is 17.1. The number of carbonyl (C=O) groups excluding carboxylic acids is 1. The second kappa shape index (κ2) is 7.85. The number of hydrogen-bond donors (Lipinski definition) is 2. The predicted molar refractivity (Wildman–Crippen MR) is 102 cm³/mol. The van der Waals surface area contributed by atoms with E-state index in [1.165, 1.54) is 29.7 Å². The Kier molecular flexibility index (Phi) is 5.33. The van der Waals surface area contributed by atoms with Crippen molar-refractivity contribution >= 4 is 34.1 Å². The SMILES string of the molecule is O=C(CC1CC2CCC(C1)N2)Nc1nnc(SCc2ccccc2)s1. The number of rotatable bonds is 6. The van der Waals surface area contributed by atoms with Gasteiger partial charge >= 0.3 is 0 Å². The summed E-state index contributed by atoms with van der Waals surface area (Å²) in [4.78, 5) is 12.3. The zero-order valence-electron chi connectivity index (χ0n) is 14.0. The lowest BCUT2D eigenvalue weighted by atomic mass is 9.89. The molecule has 2 unspecified atom stereocenters. The summed E-state index contributed by atoms with van der Waals surface area (Å²) in [6.45, 7) is 0. The molecule has 0 saturated carbocycles. The quantitative estimate of drug-likeness (QED) is 0.596. The molecule has 2 bridgehead atoms. The summed E-state index contributed by atoms with van der Waals surface area (Å²) < 4.78 is 0.888. The maximum absolute atomic E-state index is 12.3. The summed E-state index contributed by atoms with van der Waals surface area (Å²) in [5.41, 5.74) is 1.26. The Hall–Kier alpha value is -1.44. The largest absolute Gasteiger partial charge is 0.311 e. The normalized spacial score (nSPS) is 25.0. The van der Waals surface area contributed by atoms with Gasteiger partial charge in [0.15, 0.2) is 4.34 Å². The van der Waals surface area contributed by atoms with Crippen molar-refractivity contribution in [2.75, 3.05) is 5.32 Å². The molecular formula is C18H22N4OS2. The van der Waals surface area contributed by atoms with Crippen LogP contribution in [0.3, 0.4) is 0 Å². The average molecular weight is 375 g/mol. The number of nitrogens with zero attached hydrogens (tertiary/aromatic N) is 2. The number of carbonyl (C=O) groups is 1. The van der Waals surface area contributed by atoms with Crippen molar-refractivity contribution in [1.29, 1.82) is 0 Å². The highest BCUT2D eigenvalue weighted by molar-refractivity contribution is 8.00. The van der Waals surface area contributed by atoms with Gasteiger partial charge < -0.3 is 10.6 Å². The van der Waals surface area contributed by atoms with E-state index in [4.69, 9.17) is 0 Å². The Morgan fingerprint density at radius 2 is 1.96 bits per heavy atom. The zero-order valence-corrected chi connectivity index (χ0v) is 15.6. The van der Waals surface area contributed by atoms with E-state index in [0.717, 1.165) is 22.9 Å². The molecule has 25 heavy (non-hydrogen) atoms. The van der Waals surface area contributed by atoms with Gasteiger partial charge in [0.2, 0.25) is 11.0 Å². The number of piperidine rings is 1. The predicted octanol–water partition coefficient (Wildman–Crippen LogP) is 3.69. The van der Waals surface area contributed by atoms with Gasteiger partial charge in [0.1, 0.15) is 0 Å². The number of anilines is 1. The van der Waals surface area contributed by atoms with Crippen LogP contribution in [0.15, 0.2) is 34.7 Å². The maximum atomic E-state index is 12.3. The molecule has 1 aromatic carbocycles.